The summed E-state index contributed by atoms with van der Waals surface area (Å²) >= 11 is 0. The summed E-state index contributed by atoms with van der Waals surface area (Å²) in [7, 11) is 0. The van der Waals surface area contributed by atoms with Crippen molar-refractivity contribution in [3.63, 3.8) is 0 Å². The van der Waals surface area contributed by atoms with Crippen molar-refractivity contribution < 1.29 is 4.79 Å². The predicted molar refractivity (Wildman–Crippen MR) is 72.6 cm³/mol. The lowest BCUT2D eigenvalue weighted by Gasteiger charge is -2.11. The Morgan fingerprint density at radius 2 is 1.89 bits per heavy atom. The van der Waals surface area contributed by atoms with Gasteiger partial charge in [-0.25, -0.2) is 0 Å². The Morgan fingerprint density at radius 1 is 1.17 bits per heavy atom. The zero-order valence-electron chi connectivity index (χ0n) is 10.8. The average Bonchev–Trinajstić information content (AvgIpc) is 2.41. The number of rotatable bonds is 4. The molecule has 1 atom stereocenters. The molecule has 2 aromatic rings. The first-order valence-corrected chi connectivity index (χ1v) is 6.18. The fourth-order valence-electron chi connectivity index (χ4n) is 2.00. The molecule has 0 fully saturated rings. The number of carbonyl (C=O) groups is 1. The number of ketones is 1. The van der Waals surface area contributed by atoms with Crippen molar-refractivity contribution in [2.24, 2.45) is 5.92 Å². The molecule has 0 aliphatic rings. The number of aryl methyl sites for hydroxylation is 1. The molecule has 1 aromatic heterocycles. The highest BCUT2D eigenvalue weighted by Crippen LogP contribution is 2.15. The Balaban J connectivity index is 2.11. The zero-order valence-corrected chi connectivity index (χ0v) is 10.8. The monoisotopic (exact) mass is 239 g/mol. The van der Waals surface area contributed by atoms with Gasteiger partial charge in [0.15, 0.2) is 5.78 Å². The number of hydrogen-bond donors (Lipinski definition) is 0. The van der Waals surface area contributed by atoms with Crippen LogP contribution in [0.15, 0.2) is 48.7 Å². The second-order valence-corrected chi connectivity index (χ2v) is 4.60. The molecule has 92 valence electrons. The van der Waals surface area contributed by atoms with Gasteiger partial charge in [0, 0.05) is 23.4 Å². The summed E-state index contributed by atoms with van der Waals surface area (Å²) in [6.45, 7) is 3.99. The third-order valence-corrected chi connectivity index (χ3v) is 3.12. The average molecular weight is 239 g/mol. The van der Waals surface area contributed by atoms with Crippen LogP contribution in [0.25, 0.3) is 0 Å². The second-order valence-electron chi connectivity index (χ2n) is 4.60. The van der Waals surface area contributed by atoms with Crippen LogP contribution in [0.3, 0.4) is 0 Å². The number of aromatic nitrogens is 1. The number of carbonyl (C=O) groups excluding carboxylic acids is 1. The van der Waals surface area contributed by atoms with Crippen LogP contribution in [-0.2, 0) is 6.42 Å². The standard InChI is InChI=1S/C16H17NO/c1-12-7-6-10-17-15(12)11-13(2)16(18)14-8-4-3-5-9-14/h3-10,13H,11H2,1-2H3. The van der Waals surface area contributed by atoms with Gasteiger partial charge in [0.2, 0.25) is 0 Å². The Bertz CT molecular complexity index is 534. The van der Waals surface area contributed by atoms with E-state index in [0.717, 1.165) is 16.8 Å². The van der Waals surface area contributed by atoms with Gasteiger partial charge in [-0.2, -0.15) is 0 Å². The first kappa shape index (κ1) is 12.5. The van der Waals surface area contributed by atoms with E-state index in [9.17, 15) is 4.79 Å². The topological polar surface area (TPSA) is 30.0 Å². The Morgan fingerprint density at radius 3 is 2.56 bits per heavy atom. The lowest BCUT2D eigenvalue weighted by atomic mass is 9.94. The van der Waals surface area contributed by atoms with E-state index in [1.165, 1.54) is 0 Å². The minimum Gasteiger partial charge on any atom is -0.294 e. The van der Waals surface area contributed by atoms with E-state index in [-0.39, 0.29) is 11.7 Å². The van der Waals surface area contributed by atoms with Crippen LogP contribution in [0, 0.1) is 12.8 Å². The largest absolute Gasteiger partial charge is 0.294 e. The molecule has 1 unspecified atom stereocenters. The molecule has 0 radical (unpaired) electrons. The van der Waals surface area contributed by atoms with Crippen molar-refractivity contribution in [3.8, 4) is 0 Å². The summed E-state index contributed by atoms with van der Waals surface area (Å²) in [6.07, 6.45) is 2.47. The summed E-state index contributed by atoms with van der Waals surface area (Å²) in [5, 5.41) is 0. The molecule has 18 heavy (non-hydrogen) atoms. The highest BCUT2D eigenvalue weighted by atomic mass is 16.1. The smallest absolute Gasteiger partial charge is 0.166 e. The fourth-order valence-corrected chi connectivity index (χ4v) is 2.00. The molecule has 1 heterocycles. The van der Waals surface area contributed by atoms with Crippen LogP contribution >= 0.6 is 0 Å². The van der Waals surface area contributed by atoms with Crippen LogP contribution in [0.1, 0.15) is 28.5 Å². The summed E-state index contributed by atoms with van der Waals surface area (Å²) < 4.78 is 0. The van der Waals surface area contributed by atoms with Gasteiger partial charge < -0.3 is 0 Å². The van der Waals surface area contributed by atoms with E-state index in [2.05, 4.69) is 4.98 Å². The normalized spacial score (nSPS) is 12.1. The fraction of sp³-hybridized carbons (Fsp3) is 0.250. The predicted octanol–water partition coefficient (Wildman–Crippen LogP) is 3.45. The summed E-state index contributed by atoms with van der Waals surface area (Å²) in [6, 6.07) is 13.4. The highest BCUT2D eigenvalue weighted by Gasteiger charge is 2.16. The summed E-state index contributed by atoms with van der Waals surface area (Å²) in [4.78, 5) is 16.6. The van der Waals surface area contributed by atoms with E-state index in [4.69, 9.17) is 0 Å². The van der Waals surface area contributed by atoms with Gasteiger partial charge in [0.25, 0.3) is 0 Å². The Kier molecular flexibility index (Phi) is 3.88. The van der Waals surface area contributed by atoms with Crippen LogP contribution in [0.4, 0.5) is 0 Å². The van der Waals surface area contributed by atoms with Crippen molar-refractivity contribution in [2.45, 2.75) is 20.3 Å². The van der Waals surface area contributed by atoms with E-state index in [0.29, 0.717) is 6.42 Å². The van der Waals surface area contributed by atoms with Crippen LogP contribution in [0.2, 0.25) is 0 Å². The third-order valence-electron chi connectivity index (χ3n) is 3.12. The van der Waals surface area contributed by atoms with Gasteiger partial charge in [-0.15, -0.1) is 0 Å². The maximum atomic E-state index is 12.2. The molecule has 2 nitrogen and oxygen atoms in total. The number of pyridine rings is 1. The lowest BCUT2D eigenvalue weighted by Crippen LogP contribution is -2.15. The minimum absolute atomic E-state index is 0.0407. The first-order chi connectivity index (χ1) is 8.68. The molecule has 0 aliphatic heterocycles. The van der Waals surface area contributed by atoms with Gasteiger partial charge in [-0.1, -0.05) is 43.3 Å². The maximum absolute atomic E-state index is 12.2. The molecule has 0 N–H and O–H groups in total. The van der Waals surface area contributed by atoms with Crippen LogP contribution in [-0.4, -0.2) is 10.8 Å². The van der Waals surface area contributed by atoms with E-state index in [1.54, 1.807) is 6.20 Å². The molecular weight excluding hydrogens is 222 g/mol. The second kappa shape index (κ2) is 5.58. The Hall–Kier alpha value is -1.96. The molecule has 0 amide bonds. The lowest BCUT2D eigenvalue weighted by molar-refractivity contribution is 0.0929. The molecule has 0 bridgehead atoms. The number of nitrogens with zero attached hydrogens (tertiary/aromatic N) is 1. The SMILES string of the molecule is Cc1cccnc1CC(C)C(=O)c1ccccc1. The third kappa shape index (κ3) is 2.83. The molecule has 0 saturated heterocycles. The molecule has 1 aromatic carbocycles. The first-order valence-electron chi connectivity index (χ1n) is 6.18. The van der Waals surface area contributed by atoms with Crippen molar-refractivity contribution in [1.82, 2.24) is 4.98 Å². The summed E-state index contributed by atoms with van der Waals surface area (Å²) in [5.41, 5.74) is 2.93. The quantitative estimate of drug-likeness (QED) is 0.765. The number of Topliss-reactive ketones (excluding diaryl/α,β-unsaturated/α-hetero) is 1. The summed E-state index contributed by atoms with van der Waals surface area (Å²) in [5.74, 6) is 0.140. The van der Waals surface area contributed by atoms with Gasteiger partial charge in [0.1, 0.15) is 0 Å². The van der Waals surface area contributed by atoms with Gasteiger partial charge in [-0.3, -0.25) is 9.78 Å². The molecule has 0 saturated carbocycles. The van der Waals surface area contributed by atoms with Crippen LogP contribution < -0.4 is 0 Å². The maximum Gasteiger partial charge on any atom is 0.166 e. The zero-order chi connectivity index (χ0) is 13.0. The highest BCUT2D eigenvalue weighted by molar-refractivity contribution is 5.97. The van der Waals surface area contributed by atoms with Gasteiger partial charge in [-0.05, 0) is 25.0 Å². The van der Waals surface area contributed by atoms with Crippen molar-refractivity contribution in [3.05, 3.63) is 65.5 Å². The molecule has 2 heteroatoms. The van der Waals surface area contributed by atoms with E-state index < -0.39 is 0 Å². The van der Waals surface area contributed by atoms with Gasteiger partial charge in [0.05, 0.1) is 0 Å². The molecule has 0 aliphatic carbocycles. The number of hydrogen-bond acceptors (Lipinski definition) is 2. The van der Waals surface area contributed by atoms with Crippen molar-refractivity contribution >= 4 is 5.78 Å². The number of benzene rings is 1. The minimum atomic E-state index is -0.0407. The van der Waals surface area contributed by atoms with Crippen molar-refractivity contribution in [2.75, 3.05) is 0 Å². The molecule has 2 rings (SSSR count). The van der Waals surface area contributed by atoms with E-state index in [1.807, 2.05) is 56.3 Å². The molecular formula is C16H17NO. The van der Waals surface area contributed by atoms with E-state index >= 15 is 0 Å². The van der Waals surface area contributed by atoms with Crippen molar-refractivity contribution in [1.29, 1.82) is 0 Å². The van der Waals surface area contributed by atoms with Crippen LogP contribution in [0.5, 0.6) is 0 Å². The van der Waals surface area contributed by atoms with Gasteiger partial charge >= 0.3 is 0 Å². The Labute approximate surface area is 108 Å². The molecule has 0 spiro atoms.